The largest absolute Gasteiger partial charge is 0.316 e. The van der Waals surface area contributed by atoms with Gasteiger partial charge in [0.2, 0.25) is 0 Å². The van der Waals surface area contributed by atoms with Crippen molar-refractivity contribution in [2.45, 2.75) is 51.9 Å². The molecule has 2 radical (unpaired) electrons. The van der Waals surface area contributed by atoms with Crippen LogP contribution >= 0.6 is 0 Å². The summed E-state index contributed by atoms with van der Waals surface area (Å²) in [6.07, 6.45) is 11.0. The zero-order chi connectivity index (χ0) is 13.1. The van der Waals surface area contributed by atoms with Gasteiger partial charge in [0.15, 0.2) is 0 Å². The highest BCUT2D eigenvalue weighted by atomic mass is 14.8. The molecular formula is C16H26N2. The second-order valence-electron chi connectivity index (χ2n) is 4.86. The molecule has 1 heterocycles. The fourth-order valence-corrected chi connectivity index (χ4v) is 2.04. The molecule has 18 heavy (non-hydrogen) atoms. The van der Waals surface area contributed by atoms with Gasteiger partial charge in [0.1, 0.15) is 0 Å². The van der Waals surface area contributed by atoms with Crippen molar-refractivity contribution in [3.8, 4) is 0 Å². The van der Waals surface area contributed by atoms with Crippen molar-refractivity contribution in [3.05, 3.63) is 36.5 Å². The van der Waals surface area contributed by atoms with E-state index in [4.69, 9.17) is 6.92 Å². The molecular weight excluding hydrogens is 220 g/mol. The van der Waals surface area contributed by atoms with E-state index in [1.54, 1.807) is 6.20 Å². The van der Waals surface area contributed by atoms with Crippen LogP contribution in [0.2, 0.25) is 0 Å². The first-order valence-electron chi connectivity index (χ1n) is 7.24. The molecule has 0 aromatic carbocycles. The van der Waals surface area contributed by atoms with Gasteiger partial charge in [-0.15, -0.1) is 0 Å². The summed E-state index contributed by atoms with van der Waals surface area (Å²) in [6, 6.07) is 3.98. The zero-order valence-corrected chi connectivity index (χ0v) is 11.6. The summed E-state index contributed by atoms with van der Waals surface area (Å²) in [5.74, 6) is 0. The minimum atomic E-state index is 0.614. The molecule has 100 valence electrons. The van der Waals surface area contributed by atoms with Crippen LogP contribution in [0.25, 0.3) is 0 Å². The van der Waals surface area contributed by atoms with Crippen LogP contribution in [0.15, 0.2) is 18.3 Å². The minimum absolute atomic E-state index is 0.614. The molecule has 1 aromatic heterocycles. The smallest absolute Gasteiger partial charge is 0.0451 e. The SMILES string of the molecule is [CH]c1cc(CCNCCCCCCCC)ccn1. The number of unbranched alkanes of at least 4 members (excludes halogenated alkanes) is 5. The lowest BCUT2D eigenvalue weighted by atomic mass is 10.1. The highest BCUT2D eigenvalue weighted by molar-refractivity contribution is 5.18. The van der Waals surface area contributed by atoms with Crippen molar-refractivity contribution in [1.82, 2.24) is 10.3 Å². The van der Waals surface area contributed by atoms with E-state index in [1.807, 2.05) is 12.1 Å². The average molecular weight is 246 g/mol. The Kier molecular flexibility index (Phi) is 8.49. The van der Waals surface area contributed by atoms with Gasteiger partial charge < -0.3 is 5.32 Å². The molecule has 1 rings (SSSR count). The van der Waals surface area contributed by atoms with Crippen LogP contribution in [0.4, 0.5) is 0 Å². The summed E-state index contributed by atoms with van der Waals surface area (Å²) in [5, 5.41) is 3.48. The molecule has 0 aliphatic rings. The monoisotopic (exact) mass is 246 g/mol. The van der Waals surface area contributed by atoms with Crippen LogP contribution in [-0.2, 0) is 6.42 Å². The molecule has 2 heteroatoms. The third-order valence-corrected chi connectivity index (χ3v) is 3.14. The molecule has 0 saturated carbocycles. The molecule has 0 amide bonds. The van der Waals surface area contributed by atoms with Crippen molar-refractivity contribution in [2.24, 2.45) is 0 Å². The van der Waals surface area contributed by atoms with Crippen LogP contribution in [0, 0.1) is 6.92 Å². The molecule has 2 nitrogen and oxygen atoms in total. The predicted octanol–water partition coefficient (Wildman–Crippen LogP) is 3.63. The molecule has 0 spiro atoms. The van der Waals surface area contributed by atoms with Gasteiger partial charge in [-0.2, -0.15) is 0 Å². The second-order valence-corrected chi connectivity index (χ2v) is 4.86. The molecule has 0 atom stereocenters. The van der Waals surface area contributed by atoms with Gasteiger partial charge >= 0.3 is 0 Å². The Bertz CT molecular complexity index is 310. The average Bonchev–Trinajstić information content (AvgIpc) is 2.37. The van der Waals surface area contributed by atoms with E-state index in [0.717, 1.165) is 19.5 Å². The zero-order valence-electron chi connectivity index (χ0n) is 11.6. The van der Waals surface area contributed by atoms with E-state index in [1.165, 1.54) is 44.1 Å². The molecule has 0 saturated heterocycles. The lowest BCUT2D eigenvalue weighted by molar-refractivity contribution is 0.573. The predicted molar refractivity (Wildman–Crippen MR) is 77.6 cm³/mol. The van der Waals surface area contributed by atoms with Gasteiger partial charge in [-0.25, -0.2) is 0 Å². The Hall–Kier alpha value is -0.890. The van der Waals surface area contributed by atoms with Gasteiger partial charge in [-0.1, -0.05) is 39.0 Å². The standard InChI is InChI=1S/C16H26N2/c1-3-4-5-6-7-8-11-17-12-9-16-10-13-18-15(2)14-16/h2,10,13-14,17H,3-9,11-12H2,1H3. The normalized spacial score (nSPS) is 10.8. The summed E-state index contributed by atoms with van der Waals surface area (Å²) < 4.78 is 0. The van der Waals surface area contributed by atoms with Gasteiger partial charge in [0.25, 0.3) is 0 Å². The van der Waals surface area contributed by atoms with Crippen molar-refractivity contribution in [2.75, 3.05) is 13.1 Å². The van der Waals surface area contributed by atoms with Crippen molar-refractivity contribution >= 4 is 0 Å². The van der Waals surface area contributed by atoms with E-state index < -0.39 is 0 Å². The third kappa shape index (κ3) is 7.44. The summed E-state index contributed by atoms with van der Waals surface area (Å²) in [4.78, 5) is 3.99. The van der Waals surface area contributed by atoms with Crippen LogP contribution < -0.4 is 5.32 Å². The molecule has 0 unspecified atom stereocenters. The quantitative estimate of drug-likeness (QED) is 0.638. The van der Waals surface area contributed by atoms with Gasteiger partial charge in [-0.05, 0) is 43.6 Å². The Morgan fingerprint density at radius 2 is 1.89 bits per heavy atom. The van der Waals surface area contributed by atoms with E-state index in [2.05, 4.69) is 17.2 Å². The number of nitrogens with zero attached hydrogens (tertiary/aromatic N) is 1. The molecule has 0 aliphatic carbocycles. The molecule has 0 aliphatic heterocycles. The maximum absolute atomic E-state index is 5.64. The number of pyridine rings is 1. The van der Waals surface area contributed by atoms with Crippen molar-refractivity contribution in [1.29, 1.82) is 0 Å². The Labute approximate surface area is 112 Å². The van der Waals surface area contributed by atoms with E-state index in [0.29, 0.717) is 5.69 Å². The Morgan fingerprint density at radius 1 is 1.11 bits per heavy atom. The molecule has 0 bridgehead atoms. The number of aromatic nitrogens is 1. The van der Waals surface area contributed by atoms with E-state index in [-0.39, 0.29) is 0 Å². The maximum atomic E-state index is 5.64. The minimum Gasteiger partial charge on any atom is -0.316 e. The number of nitrogens with one attached hydrogen (secondary N) is 1. The fourth-order valence-electron chi connectivity index (χ4n) is 2.04. The third-order valence-electron chi connectivity index (χ3n) is 3.14. The van der Waals surface area contributed by atoms with Crippen LogP contribution in [0.1, 0.15) is 56.7 Å². The topological polar surface area (TPSA) is 24.9 Å². The maximum Gasteiger partial charge on any atom is 0.0451 e. The first-order valence-corrected chi connectivity index (χ1v) is 7.24. The Morgan fingerprint density at radius 3 is 2.67 bits per heavy atom. The van der Waals surface area contributed by atoms with E-state index in [9.17, 15) is 0 Å². The van der Waals surface area contributed by atoms with Crippen LogP contribution in [0.5, 0.6) is 0 Å². The fraction of sp³-hybridized carbons (Fsp3) is 0.625. The van der Waals surface area contributed by atoms with Gasteiger partial charge in [0, 0.05) is 18.8 Å². The number of hydrogen-bond acceptors (Lipinski definition) is 2. The summed E-state index contributed by atoms with van der Waals surface area (Å²) in [5.41, 5.74) is 1.88. The summed E-state index contributed by atoms with van der Waals surface area (Å²) >= 11 is 0. The van der Waals surface area contributed by atoms with E-state index >= 15 is 0 Å². The lowest BCUT2D eigenvalue weighted by Crippen LogP contribution is -2.18. The summed E-state index contributed by atoms with van der Waals surface area (Å²) in [7, 11) is 0. The lowest BCUT2D eigenvalue weighted by Gasteiger charge is -2.05. The first-order chi connectivity index (χ1) is 8.83. The summed E-state index contributed by atoms with van der Waals surface area (Å²) in [6.45, 7) is 10.1. The first kappa shape index (κ1) is 15.2. The van der Waals surface area contributed by atoms with Crippen LogP contribution in [-0.4, -0.2) is 18.1 Å². The molecule has 1 N–H and O–H groups in total. The van der Waals surface area contributed by atoms with Crippen LogP contribution in [0.3, 0.4) is 0 Å². The number of hydrogen-bond donors (Lipinski definition) is 1. The van der Waals surface area contributed by atoms with Crippen molar-refractivity contribution < 1.29 is 0 Å². The van der Waals surface area contributed by atoms with Crippen molar-refractivity contribution in [3.63, 3.8) is 0 Å². The highest BCUT2D eigenvalue weighted by Gasteiger charge is 1.94. The Balaban J connectivity index is 1.92. The van der Waals surface area contributed by atoms with Gasteiger partial charge in [0.05, 0.1) is 0 Å². The number of rotatable bonds is 10. The molecule has 1 aromatic rings. The second kappa shape index (κ2) is 10.1. The van der Waals surface area contributed by atoms with Gasteiger partial charge in [-0.3, -0.25) is 4.98 Å². The molecule has 0 fully saturated rings. The highest BCUT2D eigenvalue weighted by Crippen LogP contribution is 2.04.